The molecule has 0 radical (unpaired) electrons. The maximum absolute atomic E-state index is 12.7. The van der Waals surface area contributed by atoms with Crippen molar-refractivity contribution in [1.29, 1.82) is 0 Å². The molecule has 1 fully saturated rings. The van der Waals surface area contributed by atoms with E-state index in [-0.39, 0.29) is 5.41 Å². The number of fused-ring (bicyclic) bond motifs is 1. The van der Waals surface area contributed by atoms with Crippen LogP contribution in [0.2, 0.25) is 0 Å². The number of pyridine rings is 1. The van der Waals surface area contributed by atoms with Gasteiger partial charge in [0, 0.05) is 30.4 Å². The molecule has 0 bridgehead atoms. The number of carboxylic acids is 1. The molecule has 0 aliphatic carbocycles. The SMILES string of the molecule is Cc1ccc(-c2cccc(-c3cn4c(N5CCC(C)(C)CC5)c([C@H](OC(C)(C)C)C(=O)O)c(C)cc4n3)c2)cc1. The number of piperidine rings is 1. The lowest BCUT2D eigenvalue weighted by atomic mass is 9.82. The summed E-state index contributed by atoms with van der Waals surface area (Å²) in [6, 6.07) is 19.0. The van der Waals surface area contributed by atoms with Gasteiger partial charge in [-0.1, -0.05) is 61.9 Å². The van der Waals surface area contributed by atoms with E-state index < -0.39 is 17.7 Å². The molecule has 1 N–H and O–H groups in total. The van der Waals surface area contributed by atoms with Crippen LogP contribution in [0.4, 0.5) is 5.82 Å². The van der Waals surface area contributed by atoms with Crippen molar-refractivity contribution in [3.05, 3.63) is 77.5 Å². The Kier molecular flexibility index (Phi) is 7.26. The van der Waals surface area contributed by atoms with Gasteiger partial charge >= 0.3 is 5.97 Å². The molecular formula is C34H41N3O3. The van der Waals surface area contributed by atoms with Crippen LogP contribution in [0.3, 0.4) is 0 Å². The van der Waals surface area contributed by atoms with Gasteiger partial charge in [-0.3, -0.25) is 4.40 Å². The summed E-state index contributed by atoms with van der Waals surface area (Å²) < 4.78 is 8.27. The third-order valence-electron chi connectivity index (χ3n) is 7.89. The third kappa shape index (κ3) is 5.78. The van der Waals surface area contributed by atoms with E-state index in [4.69, 9.17) is 9.72 Å². The molecule has 5 rings (SSSR count). The molecule has 6 heteroatoms. The van der Waals surface area contributed by atoms with Gasteiger partial charge in [-0.05, 0) is 81.7 Å². The Morgan fingerprint density at radius 3 is 2.25 bits per heavy atom. The minimum Gasteiger partial charge on any atom is -0.479 e. The molecule has 1 atom stereocenters. The van der Waals surface area contributed by atoms with E-state index in [0.29, 0.717) is 5.56 Å². The first kappa shape index (κ1) is 27.9. The monoisotopic (exact) mass is 539 g/mol. The van der Waals surface area contributed by atoms with Crippen molar-refractivity contribution < 1.29 is 14.6 Å². The first-order chi connectivity index (χ1) is 18.8. The van der Waals surface area contributed by atoms with E-state index in [1.54, 1.807) is 0 Å². The van der Waals surface area contributed by atoms with Gasteiger partial charge in [0.2, 0.25) is 0 Å². The second kappa shape index (κ2) is 10.4. The number of aliphatic carboxylic acids is 1. The van der Waals surface area contributed by atoms with Gasteiger partial charge in [-0.25, -0.2) is 9.78 Å². The Morgan fingerprint density at radius 2 is 1.62 bits per heavy atom. The van der Waals surface area contributed by atoms with Crippen LogP contribution in [0.15, 0.2) is 60.8 Å². The van der Waals surface area contributed by atoms with E-state index >= 15 is 0 Å². The topological polar surface area (TPSA) is 67.1 Å². The highest BCUT2D eigenvalue weighted by Gasteiger charge is 2.35. The van der Waals surface area contributed by atoms with E-state index in [0.717, 1.165) is 65.3 Å². The third-order valence-corrected chi connectivity index (χ3v) is 7.89. The van der Waals surface area contributed by atoms with Crippen molar-refractivity contribution in [1.82, 2.24) is 9.38 Å². The van der Waals surface area contributed by atoms with Gasteiger partial charge in [-0.15, -0.1) is 0 Å². The fourth-order valence-corrected chi connectivity index (χ4v) is 5.54. The van der Waals surface area contributed by atoms with Gasteiger partial charge in [0.1, 0.15) is 11.5 Å². The van der Waals surface area contributed by atoms with Crippen molar-refractivity contribution in [3.63, 3.8) is 0 Å². The molecule has 0 amide bonds. The summed E-state index contributed by atoms with van der Waals surface area (Å²) in [5.41, 5.74) is 7.41. The number of rotatable bonds is 6. The van der Waals surface area contributed by atoms with Crippen molar-refractivity contribution in [2.45, 2.75) is 73.0 Å². The summed E-state index contributed by atoms with van der Waals surface area (Å²) in [6.45, 7) is 16.1. The maximum Gasteiger partial charge on any atom is 0.337 e. The number of carboxylic acid groups (broad SMARTS) is 1. The molecule has 2 aromatic heterocycles. The molecule has 1 aliphatic rings. The number of nitrogens with zero attached hydrogens (tertiary/aromatic N) is 3. The van der Waals surface area contributed by atoms with Crippen LogP contribution in [0, 0.1) is 19.3 Å². The van der Waals surface area contributed by atoms with Crippen LogP contribution in [-0.2, 0) is 9.53 Å². The Morgan fingerprint density at radius 1 is 0.975 bits per heavy atom. The van der Waals surface area contributed by atoms with Crippen molar-refractivity contribution in [2.24, 2.45) is 5.41 Å². The van der Waals surface area contributed by atoms with Gasteiger partial charge < -0.3 is 14.7 Å². The first-order valence-corrected chi connectivity index (χ1v) is 14.2. The van der Waals surface area contributed by atoms with Crippen molar-refractivity contribution >= 4 is 17.4 Å². The molecule has 3 heterocycles. The molecule has 6 nitrogen and oxygen atoms in total. The number of hydrogen-bond donors (Lipinski definition) is 1. The number of imidazole rings is 1. The van der Waals surface area contributed by atoms with Gasteiger partial charge in [-0.2, -0.15) is 0 Å². The molecule has 4 aromatic rings. The Bertz CT molecular complexity index is 1530. The molecule has 2 aromatic carbocycles. The van der Waals surface area contributed by atoms with Crippen LogP contribution < -0.4 is 4.90 Å². The molecule has 1 saturated heterocycles. The minimum absolute atomic E-state index is 0.254. The van der Waals surface area contributed by atoms with Crippen LogP contribution in [0.5, 0.6) is 0 Å². The summed E-state index contributed by atoms with van der Waals surface area (Å²) >= 11 is 0. The normalized spacial score (nSPS) is 16.3. The highest BCUT2D eigenvalue weighted by Crippen LogP contribution is 2.40. The minimum atomic E-state index is -1.09. The van der Waals surface area contributed by atoms with E-state index in [1.807, 2.05) is 33.8 Å². The Hall–Kier alpha value is -3.64. The molecule has 0 unspecified atom stereocenters. The number of carbonyl (C=O) groups is 1. The molecule has 0 spiro atoms. The number of aryl methyl sites for hydroxylation is 2. The zero-order valence-corrected chi connectivity index (χ0v) is 24.8. The molecular weight excluding hydrogens is 498 g/mol. The second-order valence-electron chi connectivity index (χ2n) is 13.0. The van der Waals surface area contributed by atoms with Crippen LogP contribution in [-0.4, -0.2) is 39.2 Å². The highest BCUT2D eigenvalue weighted by molar-refractivity contribution is 5.80. The van der Waals surface area contributed by atoms with E-state index in [2.05, 4.69) is 84.8 Å². The van der Waals surface area contributed by atoms with E-state index in [1.165, 1.54) is 5.56 Å². The van der Waals surface area contributed by atoms with Crippen LogP contribution in [0.1, 0.15) is 70.3 Å². The zero-order valence-electron chi connectivity index (χ0n) is 24.8. The fraction of sp³-hybridized carbons (Fsp3) is 0.412. The number of ether oxygens (including phenoxy) is 1. The average Bonchev–Trinajstić information content (AvgIpc) is 3.30. The van der Waals surface area contributed by atoms with Crippen molar-refractivity contribution in [2.75, 3.05) is 18.0 Å². The predicted molar refractivity (Wildman–Crippen MR) is 162 cm³/mol. The summed E-state index contributed by atoms with van der Waals surface area (Å²) in [5.74, 6) is -0.113. The fourth-order valence-electron chi connectivity index (χ4n) is 5.54. The average molecular weight is 540 g/mol. The quantitative estimate of drug-likeness (QED) is 0.270. The van der Waals surface area contributed by atoms with Crippen molar-refractivity contribution in [3.8, 4) is 22.4 Å². The largest absolute Gasteiger partial charge is 0.479 e. The standard InChI is InChI=1S/C34H41N3O3/c1-22-11-13-24(14-12-22)25-9-8-10-26(20-25)27-21-37-28(35-27)19-23(2)29(30(32(38)39)40-33(3,4)5)31(37)36-17-15-34(6,7)16-18-36/h8-14,19-21,30H,15-18H2,1-7H3,(H,38,39)/t30-/m0/s1. The lowest BCUT2D eigenvalue weighted by molar-refractivity contribution is -0.160. The lowest BCUT2D eigenvalue weighted by Gasteiger charge is -2.40. The molecule has 1 aliphatic heterocycles. The van der Waals surface area contributed by atoms with Gasteiger partial charge in [0.25, 0.3) is 0 Å². The van der Waals surface area contributed by atoms with Gasteiger partial charge in [0.05, 0.1) is 11.3 Å². The van der Waals surface area contributed by atoms with Crippen LogP contribution in [0.25, 0.3) is 28.0 Å². The van der Waals surface area contributed by atoms with Gasteiger partial charge in [0.15, 0.2) is 6.10 Å². The molecule has 0 saturated carbocycles. The van der Waals surface area contributed by atoms with E-state index in [9.17, 15) is 9.90 Å². The molecule has 210 valence electrons. The maximum atomic E-state index is 12.7. The number of anilines is 1. The number of aromatic nitrogens is 2. The summed E-state index contributed by atoms with van der Waals surface area (Å²) in [4.78, 5) is 20.0. The summed E-state index contributed by atoms with van der Waals surface area (Å²) in [5, 5.41) is 10.4. The molecule has 40 heavy (non-hydrogen) atoms. The summed E-state index contributed by atoms with van der Waals surface area (Å²) in [7, 11) is 0. The lowest BCUT2D eigenvalue weighted by Crippen LogP contribution is -2.40. The zero-order chi connectivity index (χ0) is 28.8. The Labute approximate surface area is 237 Å². The highest BCUT2D eigenvalue weighted by atomic mass is 16.5. The number of hydrogen-bond acceptors (Lipinski definition) is 4. The number of benzene rings is 2. The smallest absolute Gasteiger partial charge is 0.337 e. The summed E-state index contributed by atoms with van der Waals surface area (Å²) in [6.07, 6.45) is 3.02. The second-order valence-corrected chi connectivity index (χ2v) is 13.0. The predicted octanol–water partition coefficient (Wildman–Crippen LogP) is 7.85. The Balaban J connectivity index is 1.67. The first-order valence-electron chi connectivity index (χ1n) is 14.2. The van der Waals surface area contributed by atoms with Crippen LogP contribution >= 0.6 is 0 Å².